The van der Waals surface area contributed by atoms with Crippen LogP contribution in [0.2, 0.25) is 0 Å². The van der Waals surface area contributed by atoms with Gasteiger partial charge in [-0.2, -0.15) is 0 Å². The van der Waals surface area contributed by atoms with Crippen LogP contribution in [0, 0.1) is 0 Å². The molecule has 76 valence electrons. The molecular formula is C12H16FN. The number of hydrogen-bond donors (Lipinski definition) is 1. The third-order valence-electron chi connectivity index (χ3n) is 2.83. The number of halogens is 1. The van der Waals surface area contributed by atoms with E-state index < -0.39 is 0 Å². The molecule has 14 heavy (non-hydrogen) atoms. The molecule has 2 heteroatoms. The average molecular weight is 193 g/mol. The summed E-state index contributed by atoms with van der Waals surface area (Å²) in [6.45, 7) is 0.566. The van der Waals surface area contributed by atoms with Crippen molar-refractivity contribution in [3.05, 3.63) is 35.4 Å². The number of fused-ring (bicyclic) bond motifs is 1. The lowest BCUT2D eigenvalue weighted by atomic mass is 10.1. The van der Waals surface area contributed by atoms with Crippen LogP contribution in [0.4, 0.5) is 4.39 Å². The van der Waals surface area contributed by atoms with Crippen molar-refractivity contribution in [1.82, 2.24) is 5.32 Å². The Balaban J connectivity index is 1.96. The fourth-order valence-corrected chi connectivity index (χ4v) is 2.11. The minimum Gasteiger partial charge on any atom is -0.310 e. The number of nitrogens with one attached hydrogen (secondary N) is 1. The van der Waals surface area contributed by atoms with E-state index in [1.807, 2.05) is 0 Å². The number of benzene rings is 1. The van der Waals surface area contributed by atoms with Crippen LogP contribution in [-0.4, -0.2) is 13.2 Å². The predicted octanol–water partition coefficient (Wildman–Crippen LogP) is 2.62. The maximum absolute atomic E-state index is 11.9. The molecule has 1 aromatic rings. The zero-order valence-electron chi connectivity index (χ0n) is 8.30. The van der Waals surface area contributed by atoms with E-state index in [1.54, 1.807) is 0 Å². The Bertz CT molecular complexity index is 298. The molecule has 1 N–H and O–H groups in total. The van der Waals surface area contributed by atoms with Crippen molar-refractivity contribution in [3.8, 4) is 0 Å². The van der Waals surface area contributed by atoms with Gasteiger partial charge in [-0.05, 0) is 36.9 Å². The summed E-state index contributed by atoms with van der Waals surface area (Å²) in [5.74, 6) is 0. The number of rotatable bonds is 4. The van der Waals surface area contributed by atoms with Crippen LogP contribution >= 0.6 is 0 Å². The fourth-order valence-electron chi connectivity index (χ4n) is 2.11. The third-order valence-corrected chi connectivity index (χ3v) is 2.83. The summed E-state index contributed by atoms with van der Waals surface area (Å²) in [6, 6.07) is 8.98. The Morgan fingerprint density at radius 3 is 3.07 bits per heavy atom. The van der Waals surface area contributed by atoms with Gasteiger partial charge in [0, 0.05) is 6.04 Å². The second-order valence-electron chi connectivity index (χ2n) is 3.79. The molecule has 0 radical (unpaired) electrons. The van der Waals surface area contributed by atoms with Crippen molar-refractivity contribution in [2.75, 3.05) is 13.2 Å². The molecule has 0 saturated carbocycles. The van der Waals surface area contributed by atoms with E-state index >= 15 is 0 Å². The first-order valence-electron chi connectivity index (χ1n) is 5.29. The Morgan fingerprint density at radius 1 is 1.36 bits per heavy atom. The van der Waals surface area contributed by atoms with E-state index in [2.05, 4.69) is 29.6 Å². The second-order valence-corrected chi connectivity index (χ2v) is 3.79. The maximum atomic E-state index is 11.9. The van der Waals surface area contributed by atoms with Crippen molar-refractivity contribution < 1.29 is 4.39 Å². The molecule has 1 nitrogen and oxygen atoms in total. The van der Waals surface area contributed by atoms with Crippen molar-refractivity contribution in [2.24, 2.45) is 0 Å². The molecule has 1 aliphatic rings. The molecule has 1 unspecified atom stereocenters. The topological polar surface area (TPSA) is 12.0 Å². The summed E-state index contributed by atoms with van der Waals surface area (Å²) < 4.78 is 11.9. The molecule has 0 saturated heterocycles. The Kier molecular flexibility index (Phi) is 3.14. The summed E-state index contributed by atoms with van der Waals surface area (Å²) in [6.07, 6.45) is 2.94. The highest BCUT2D eigenvalue weighted by atomic mass is 19.1. The minimum absolute atomic E-state index is 0.221. The highest BCUT2D eigenvalue weighted by Gasteiger charge is 2.20. The predicted molar refractivity (Wildman–Crippen MR) is 56.1 cm³/mol. The lowest BCUT2D eigenvalue weighted by Crippen LogP contribution is -2.20. The van der Waals surface area contributed by atoms with Gasteiger partial charge in [0.25, 0.3) is 0 Å². The highest BCUT2D eigenvalue weighted by molar-refractivity contribution is 5.34. The van der Waals surface area contributed by atoms with E-state index in [1.165, 1.54) is 11.1 Å². The molecule has 2 rings (SSSR count). The van der Waals surface area contributed by atoms with Gasteiger partial charge < -0.3 is 5.32 Å². The van der Waals surface area contributed by atoms with Gasteiger partial charge in [0.1, 0.15) is 0 Å². The standard InChI is InChI=1S/C12H16FN/c13-8-3-9-14-12-7-6-10-4-1-2-5-11(10)12/h1-2,4-5,12,14H,3,6-9H2. The van der Waals surface area contributed by atoms with E-state index in [0.717, 1.165) is 19.4 Å². The Hall–Kier alpha value is -0.890. The summed E-state index contributed by atoms with van der Waals surface area (Å²) in [5.41, 5.74) is 2.86. The average Bonchev–Trinajstić information content (AvgIpc) is 2.63. The van der Waals surface area contributed by atoms with Gasteiger partial charge >= 0.3 is 0 Å². The Morgan fingerprint density at radius 2 is 2.21 bits per heavy atom. The smallest absolute Gasteiger partial charge is 0.0906 e. The molecule has 0 fully saturated rings. The normalized spacial score (nSPS) is 19.6. The van der Waals surface area contributed by atoms with E-state index in [0.29, 0.717) is 12.5 Å². The molecule has 0 heterocycles. The lowest BCUT2D eigenvalue weighted by Gasteiger charge is -2.12. The zero-order valence-corrected chi connectivity index (χ0v) is 8.30. The molecule has 1 aliphatic carbocycles. The first-order valence-corrected chi connectivity index (χ1v) is 5.29. The van der Waals surface area contributed by atoms with Gasteiger partial charge in [-0.1, -0.05) is 24.3 Å². The molecule has 1 atom stereocenters. The molecule has 1 aromatic carbocycles. The summed E-state index contributed by atoms with van der Waals surface area (Å²) in [4.78, 5) is 0. The first kappa shape index (κ1) is 9.66. The lowest BCUT2D eigenvalue weighted by molar-refractivity contribution is 0.438. The monoisotopic (exact) mass is 193 g/mol. The first-order chi connectivity index (χ1) is 6.92. The van der Waals surface area contributed by atoms with Crippen LogP contribution in [0.3, 0.4) is 0 Å². The van der Waals surface area contributed by atoms with Crippen LogP contribution in [0.15, 0.2) is 24.3 Å². The fraction of sp³-hybridized carbons (Fsp3) is 0.500. The van der Waals surface area contributed by atoms with Gasteiger partial charge in [-0.25, -0.2) is 0 Å². The molecular weight excluding hydrogens is 177 g/mol. The third kappa shape index (κ3) is 1.95. The number of alkyl halides is 1. The van der Waals surface area contributed by atoms with Crippen LogP contribution in [-0.2, 0) is 6.42 Å². The van der Waals surface area contributed by atoms with Gasteiger partial charge in [0.15, 0.2) is 0 Å². The SMILES string of the molecule is FCCCNC1CCc2ccccc21. The summed E-state index contributed by atoms with van der Waals surface area (Å²) in [5, 5.41) is 3.40. The summed E-state index contributed by atoms with van der Waals surface area (Å²) >= 11 is 0. The molecule has 0 bridgehead atoms. The van der Waals surface area contributed by atoms with Crippen LogP contribution < -0.4 is 5.32 Å². The highest BCUT2D eigenvalue weighted by Crippen LogP contribution is 2.30. The number of aryl methyl sites for hydroxylation is 1. The Labute approximate surface area is 84.3 Å². The zero-order chi connectivity index (χ0) is 9.80. The van der Waals surface area contributed by atoms with Crippen LogP contribution in [0.5, 0.6) is 0 Å². The molecule has 0 amide bonds. The van der Waals surface area contributed by atoms with Crippen molar-refractivity contribution >= 4 is 0 Å². The van der Waals surface area contributed by atoms with Gasteiger partial charge in [0.2, 0.25) is 0 Å². The number of hydrogen-bond acceptors (Lipinski definition) is 1. The molecule has 0 aliphatic heterocycles. The van der Waals surface area contributed by atoms with Crippen LogP contribution in [0.1, 0.15) is 30.0 Å². The van der Waals surface area contributed by atoms with Crippen LogP contribution in [0.25, 0.3) is 0 Å². The van der Waals surface area contributed by atoms with Crippen molar-refractivity contribution in [2.45, 2.75) is 25.3 Å². The van der Waals surface area contributed by atoms with E-state index in [9.17, 15) is 4.39 Å². The maximum Gasteiger partial charge on any atom is 0.0906 e. The van der Waals surface area contributed by atoms with Crippen molar-refractivity contribution in [3.63, 3.8) is 0 Å². The quantitative estimate of drug-likeness (QED) is 0.725. The minimum atomic E-state index is -0.221. The second kappa shape index (κ2) is 4.56. The van der Waals surface area contributed by atoms with Gasteiger partial charge in [-0.3, -0.25) is 4.39 Å². The molecule has 0 aromatic heterocycles. The van der Waals surface area contributed by atoms with Gasteiger partial charge in [-0.15, -0.1) is 0 Å². The van der Waals surface area contributed by atoms with E-state index in [4.69, 9.17) is 0 Å². The van der Waals surface area contributed by atoms with Gasteiger partial charge in [0.05, 0.1) is 6.67 Å². The van der Waals surface area contributed by atoms with E-state index in [-0.39, 0.29) is 6.67 Å². The van der Waals surface area contributed by atoms with Crippen molar-refractivity contribution in [1.29, 1.82) is 0 Å². The summed E-state index contributed by atoms with van der Waals surface area (Å²) in [7, 11) is 0. The largest absolute Gasteiger partial charge is 0.310 e. The molecule has 0 spiro atoms.